The quantitative estimate of drug-likeness (QED) is 0.649. The number of likely N-dealkylation sites (N-methyl/N-ethyl adjacent to an activating group) is 1. The van der Waals surface area contributed by atoms with Crippen molar-refractivity contribution >= 4 is 34.2 Å². The molecule has 1 aromatic rings. The molecule has 0 atom stereocenters. The summed E-state index contributed by atoms with van der Waals surface area (Å²) in [6.45, 7) is 9.51. The lowest BCUT2D eigenvalue weighted by molar-refractivity contribution is -0.142. The standard InChI is InChI=1S/C19H29N3O5S/c1-5-26-16(24)11-14-13(3)17(19(25)27-6-2)18(28-14)20-15(23)12-22-9-7-21(4)8-10-22/h5-12H2,1-4H3,(H,20,23). The van der Waals surface area contributed by atoms with E-state index in [4.69, 9.17) is 9.47 Å². The number of anilines is 1. The predicted octanol–water partition coefficient (Wildman–Crippen LogP) is 1.52. The van der Waals surface area contributed by atoms with Crippen LogP contribution in [0.5, 0.6) is 0 Å². The molecule has 1 aliphatic rings. The van der Waals surface area contributed by atoms with Crippen molar-refractivity contribution in [2.24, 2.45) is 0 Å². The molecular formula is C19H29N3O5S. The first-order valence-corrected chi connectivity index (χ1v) is 10.3. The molecule has 1 aromatic heterocycles. The highest BCUT2D eigenvalue weighted by Crippen LogP contribution is 2.34. The second kappa shape index (κ2) is 10.5. The first-order valence-electron chi connectivity index (χ1n) is 9.51. The van der Waals surface area contributed by atoms with Gasteiger partial charge >= 0.3 is 11.9 Å². The first-order chi connectivity index (χ1) is 13.3. The molecular weight excluding hydrogens is 382 g/mol. The van der Waals surface area contributed by atoms with Crippen molar-refractivity contribution in [3.63, 3.8) is 0 Å². The highest BCUT2D eigenvalue weighted by atomic mass is 32.1. The van der Waals surface area contributed by atoms with E-state index in [0.717, 1.165) is 26.2 Å². The zero-order valence-corrected chi connectivity index (χ0v) is 17.8. The Labute approximate surface area is 169 Å². The van der Waals surface area contributed by atoms with Gasteiger partial charge in [0.1, 0.15) is 5.00 Å². The van der Waals surface area contributed by atoms with E-state index < -0.39 is 5.97 Å². The molecule has 2 heterocycles. The van der Waals surface area contributed by atoms with Gasteiger partial charge in [-0.25, -0.2) is 4.79 Å². The van der Waals surface area contributed by atoms with Crippen molar-refractivity contribution in [3.8, 4) is 0 Å². The van der Waals surface area contributed by atoms with Gasteiger partial charge in [0.2, 0.25) is 5.91 Å². The molecule has 0 aliphatic carbocycles. The summed E-state index contributed by atoms with van der Waals surface area (Å²) in [5.74, 6) is -1.04. The molecule has 0 spiro atoms. The van der Waals surface area contributed by atoms with Crippen molar-refractivity contribution < 1.29 is 23.9 Å². The van der Waals surface area contributed by atoms with Crippen LogP contribution >= 0.6 is 11.3 Å². The fourth-order valence-electron chi connectivity index (χ4n) is 2.98. The summed E-state index contributed by atoms with van der Waals surface area (Å²) in [7, 11) is 2.06. The fourth-order valence-corrected chi connectivity index (χ4v) is 4.18. The SMILES string of the molecule is CCOC(=O)Cc1sc(NC(=O)CN2CCN(C)CC2)c(C(=O)OCC)c1C. The number of nitrogens with one attached hydrogen (secondary N) is 1. The number of carbonyl (C=O) groups is 3. The van der Waals surface area contributed by atoms with E-state index in [0.29, 0.717) is 27.6 Å². The molecule has 0 unspecified atom stereocenters. The van der Waals surface area contributed by atoms with Gasteiger partial charge in [-0.15, -0.1) is 11.3 Å². The Morgan fingerprint density at radius 2 is 1.71 bits per heavy atom. The third-order valence-electron chi connectivity index (χ3n) is 4.55. The Hall–Kier alpha value is -1.97. The summed E-state index contributed by atoms with van der Waals surface area (Å²) >= 11 is 1.22. The smallest absolute Gasteiger partial charge is 0.341 e. The maximum atomic E-state index is 12.5. The van der Waals surface area contributed by atoms with Crippen LogP contribution in [-0.2, 0) is 25.5 Å². The minimum atomic E-state index is -0.499. The molecule has 8 nitrogen and oxygen atoms in total. The van der Waals surface area contributed by atoms with Crippen LogP contribution in [0.25, 0.3) is 0 Å². The van der Waals surface area contributed by atoms with Crippen molar-refractivity contribution in [2.75, 3.05) is 58.3 Å². The minimum Gasteiger partial charge on any atom is -0.466 e. The van der Waals surface area contributed by atoms with Crippen LogP contribution < -0.4 is 5.32 Å². The van der Waals surface area contributed by atoms with E-state index in [-0.39, 0.29) is 31.4 Å². The van der Waals surface area contributed by atoms with Crippen LogP contribution in [0.1, 0.15) is 34.6 Å². The molecule has 1 amide bonds. The molecule has 0 radical (unpaired) electrons. The normalized spacial score (nSPS) is 15.3. The lowest BCUT2D eigenvalue weighted by Crippen LogP contribution is -2.47. The maximum Gasteiger partial charge on any atom is 0.341 e. The number of rotatable bonds is 8. The molecule has 1 aliphatic heterocycles. The van der Waals surface area contributed by atoms with E-state index in [1.165, 1.54) is 11.3 Å². The predicted molar refractivity (Wildman–Crippen MR) is 108 cm³/mol. The van der Waals surface area contributed by atoms with Gasteiger partial charge in [0.15, 0.2) is 0 Å². The second-order valence-corrected chi connectivity index (χ2v) is 7.79. The average molecular weight is 412 g/mol. The Bertz CT molecular complexity index is 711. The minimum absolute atomic E-state index is 0.0606. The molecule has 0 saturated carbocycles. The summed E-state index contributed by atoms with van der Waals surface area (Å²) in [5.41, 5.74) is 0.962. The summed E-state index contributed by atoms with van der Waals surface area (Å²) in [6.07, 6.45) is 0.0606. The zero-order chi connectivity index (χ0) is 20.7. The number of hydrogen-bond donors (Lipinski definition) is 1. The van der Waals surface area contributed by atoms with Gasteiger partial charge in [-0.2, -0.15) is 0 Å². The number of carbonyl (C=O) groups excluding carboxylic acids is 3. The number of piperazine rings is 1. The largest absolute Gasteiger partial charge is 0.466 e. The van der Waals surface area contributed by atoms with Crippen LogP contribution in [0, 0.1) is 6.92 Å². The molecule has 2 rings (SSSR count). The summed E-state index contributed by atoms with van der Waals surface area (Å²) in [6, 6.07) is 0. The molecule has 1 N–H and O–H groups in total. The van der Waals surface area contributed by atoms with Crippen LogP contribution in [0.2, 0.25) is 0 Å². The lowest BCUT2D eigenvalue weighted by atomic mass is 10.1. The molecule has 1 saturated heterocycles. The maximum absolute atomic E-state index is 12.5. The third kappa shape index (κ3) is 6.02. The topological polar surface area (TPSA) is 88.2 Å². The molecule has 156 valence electrons. The molecule has 1 fully saturated rings. The second-order valence-electron chi connectivity index (χ2n) is 6.68. The molecule has 0 bridgehead atoms. The van der Waals surface area contributed by atoms with Gasteiger partial charge in [-0.05, 0) is 33.4 Å². The Morgan fingerprint density at radius 3 is 2.32 bits per heavy atom. The number of thiophene rings is 1. The van der Waals surface area contributed by atoms with Gasteiger partial charge in [-0.3, -0.25) is 14.5 Å². The van der Waals surface area contributed by atoms with Crippen molar-refractivity contribution in [1.29, 1.82) is 0 Å². The Morgan fingerprint density at radius 1 is 1.07 bits per heavy atom. The van der Waals surface area contributed by atoms with Gasteiger partial charge in [-0.1, -0.05) is 0 Å². The van der Waals surface area contributed by atoms with Gasteiger partial charge in [0.25, 0.3) is 0 Å². The lowest BCUT2D eigenvalue weighted by Gasteiger charge is -2.31. The number of hydrogen-bond acceptors (Lipinski definition) is 8. The molecule has 0 aromatic carbocycles. The first kappa shape index (κ1) is 22.3. The fraction of sp³-hybridized carbons (Fsp3) is 0.632. The Kier molecular flexibility index (Phi) is 8.40. The number of ether oxygens (including phenoxy) is 2. The number of nitrogens with zero attached hydrogens (tertiary/aromatic N) is 2. The van der Waals surface area contributed by atoms with E-state index in [2.05, 4.69) is 22.2 Å². The summed E-state index contributed by atoms with van der Waals surface area (Å²) < 4.78 is 10.1. The van der Waals surface area contributed by atoms with E-state index in [1.54, 1.807) is 20.8 Å². The highest BCUT2D eigenvalue weighted by Gasteiger charge is 2.25. The van der Waals surface area contributed by atoms with Crippen LogP contribution in [0.15, 0.2) is 0 Å². The third-order valence-corrected chi connectivity index (χ3v) is 5.76. The van der Waals surface area contributed by atoms with Gasteiger partial charge in [0.05, 0.1) is 31.7 Å². The molecule has 9 heteroatoms. The van der Waals surface area contributed by atoms with Gasteiger partial charge in [0, 0.05) is 31.1 Å². The van der Waals surface area contributed by atoms with Crippen LogP contribution in [-0.4, -0.2) is 80.6 Å². The Balaban J connectivity index is 2.14. The van der Waals surface area contributed by atoms with Crippen LogP contribution in [0.3, 0.4) is 0 Å². The van der Waals surface area contributed by atoms with Crippen molar-refractivity contribution in [2.45, 2.75) is 27.2 Å². The highest BCUT2D eigenvalue weighted by molar-refractivity contribution is 7.17. The van der Waals surface area contributed by atoms with Crippen molar-refractivity contribution in [3.05, 3.63) is 16.0 Å². The average Bonchev–Trinajstić information content (AvgIpc) is 2.92. The van der Waals surface area contributed by atoms with Gasteiger partial charge < -0.3 is 19.7 Å². The number of esters is 2. The summed E-state index contributed by atoms with van der Waals surface area (Å²) in [5, 5.41) is 3.27. The van der Waals surface area contributed by atoms with E-state index in [9.17, 15) is 14.4 Å². The molecule has 28 heavy (non-hydrogen) atoms. The van der Waals surface area contributed by atoms with Crippen molar-refractivity contribution in [1.82, 2.24) is 9.80 Å². The number of amides is 1. The van der Waals surface area contributed by atoms with Crippen LogP contribution in [0.4, 0.5) is 5.00 Å². The van der Waals surface area contributed by atoms with E-state index >= 15 is 0 Å². The summed E-state index contributed by atoms with van der Waals surface area (Å²) in [4.78, 5) is 41.8. The van der Waals surface area contributed by atoms with E-state index in [1.807, 2.05) is 0 Å². The zero-order valence-electron chi connectivity index (χ0n) is 17.0. The monoisotopic (exact) mass is 411 g/mol.